The lowest BCUT2D eigenvalue weighted by Gasteiger charge is -2.33. The van der Waals surface area contributed by atoms with E-state index in [9.17, 15) is 4.79 Å². The molecule has 4 rings (SSSR count). The van der Waals surface area contributed by atoms with Crippen molar-refractivity contribution in [2.45, 2.75) is 51.9 Å². The fourth-order valence-corrected chi connectivity index (χ4v) is 4.83. The third-order valence-corrected chi connectivity index (χ3v) is 6.53. The molecule has 0 bridgehead atoms. The number of piperidine rings is 2. The second-order valence-corrected chi connectivity index (χ2v) is 9.08. The minimum absolute atomic E-state index is 0.119. The fraction of sp³-hybridized carbons (Fsp3) is 0.577. The van der Waals surface area contributed by atoms with Crippen LogP contribution in [0.2, 0.25) is 0 Å². The molecule has 1 unspecified atom stereocenters. The van der Waals surface area contributed by atoms with Gasteiger partial charge in [-0.15, -0.1) is 0 Å². The van der Waals surface area contributed by atoms with E-state index >= 15 is 0 Å². The van der Waals surface area contributed by atoms with Crippen molar-refractivity contribution >= 4 is 5.91 Å². The number of amides is 1. The Morgan fingerprint density at radius 1 is 1.06 bits per heavy atom. The van der Waals surface area contributed by atoms with Crippen LogP contribution in [-0.2, 0) is 6.42 Å². The van der Waals surface area contributed by atoms with Gasteiger partial charge in [0.25, 0.3) is 5.91 Å². The monoisotopic (exact) mass is 424 g/mol. The Balaban J connectivity index is 1.26. The molecule has 0 spiro atoms. The maximum absolute atomic E-state index is 13.0. The summed E-state index contributed by atoms with van der Waals surface area (Å²) in [5, 5.41) is 0. The molecule has 1 aromatic heterocycles. The van der Waals surface area contributed by atoms with Crippen LogP contribution in [0.5, 0.6) is 5.75 Å². The SMILES string of the molecule is Cc1ccc(CCCN2CCCC(COc3ccccc3C(=O)N3CCCCC3)C2)o1. The number of ether oxygens (including phenoxy) is 1. The smallest absolute Gasteiger partial charge is 0.257 e. The van der Waals surface area contributed by atoms with Gasteiger partial charge in [-0.25, -0.2) is 0 Å². The van der Waals surface area contributed by atoms with Gasteiger partial charge >= 0.3 is 0 Å². The number of furan rings is 1. The molecule has 0 saturated carbocycles. The van der Waals surface area contributed by atoms with Crippen LogP contribution in [-0.4, -0.2) is 55.0 Å². The molecule has 2 aliphatic heterocycles. The first kappa shape index (κ1) is 21.9. The zero-order valence-electron chi connectivity index (χ0n) is 18.9. The molecule has 5 heteroatoms. The van der Waals surface area contributed by atoms with Gasteiger partial charge < -0.3 is 19.0 Å². The molecule has 2 saturated heterocycles. The number of hydrogen-bond acceptors (Lipinski definition) is 4. The molecule has 0 aliphatic carbocycles. The topological polar surface area (TPSA) is 45.9 Å². The largest absolute Gasteiger partial charge is 0.492 e. The molecule has 1 atom stereocenters. The minimum atomic E-state index is 0.119. The molecule has 2 aliphatic rings. The van der Waals surface area contributed by atoms with Gasteiger partial charge in [0.1, 0.15) is 17.3 Å². The molecule has 2 fully saturated rings. The van der Waals surface area contributed by atoms with Gasteiger partial charge in [0, 0.05) is 32.0 Å². The van der Waals surface area contributed by atoms with E-state index in [1.807, 2.05) is 42.2 Å². The lowest BCUT2D eigenvalue weighted by molar-refractivity contribution is 0.0716. The van der Waals surface area contributed by atoms with E-state index in [2.05, 4.69) is 11.0 Å². The number of aryl methyl sites for hydroxylation is 2. The standard InChI is InChI=1S/C26H36N2O3/c1-21-13-14-23(31-21)10-8-16-27-15-7-9-22(19-27)20-30-25-12-4-3-11-24(25)26(29)28-17-5-2-6-18-28/h3-4,11-14,22H,2,5-10,15-20H2,1H3. The highest BCUT2D eigenvalue weighted by Crippen LogP contribution is 2.24. The van der Waals surface area contributed by atoms with Gasteiger partial charge in [-0.05, 0) is 82.8 Å². The van der Waals surface area contributed by atoms with Crippen LogP contribution in [0, 0.1) is 12.8 Å². The highest BCUT2D eigenvalue weighted by Gasteiger charge is 2.23. The Labute approximate surface area is 186 Å². The quantitative estimate of drug-likeness (QED) is 0.602. The maximum Gasteiger partial charge on any atom is 0.257 e. The zero-order chi connectivity index (χ0) is 21.5. The third-order valence-electron chi connectivity index (χ3n) is 6.53. The summed E-state index contributed by atoms with van der Waals surface area (Å²) in [7, 11) is 0. The van der Waals surface area contributed by atoms with Crippen molar-refractivity contribution in [3.8, 4) is 5.75 Å². The Bertz CT molecular complexity index is 841. The first-order chi connectivity index (χ1) is 15.2. The summed E-state index contributed by atoms with van der Waals surface area (Å²) in [5.41, 5.74) is 0.714. The molecule has 31 heavy (non-hydrogen) atoms. The molecule has 168 valence electrons. The number of carbonyl (C=O) groups is 1. The predicted octanol–water partition coefficient (Wildman–Crippen LogP) is 4.94. The summed E-state index contributed by atoms with van der Waals surface area (Å²) < 4.78 is 11.9. The van der Waals surface area contributed by atoms with Crippen LogP contribution in [0.15, 0.2) is 40.8 Å². The van der Waals surface area contributed by atoms with Crippen molar-refractivity contribution < 1.29 is 13.9 Å². The van der Waals surface area contributed by atoms with Gasteiger partial charge in [0.2, 0.25) is 0 Å². The van der Waals surface area contributed by atoms with Crippen molar-refractivity contribution in [3.63, 3.8) is 0 Å². The van der Waals surface area contributed by atoms with Crippen LogP contribution >= 0.6 is 0 Å². The first-order valence-corrected chi connectivity index (χ1v) is 12.0. The van der Waals surface area contributed by atoms with Crippen molar-refractivity contribution in [2.75, 3.05) is 39.3 Å². The van der Waals surface area contributed by atoms with Crippen molar-refractivity contribution in [1.29, 1.82) is 0 Å². The van der Waals surface area contributed by atoms with Crippen LogP contribution in [0.1, 0.15) is 60.4 Å². The van der Waals surface area contributed by atoms with Crippen LogP contribution in [0.25, 0.3) is 0 Å². The molecular formula is C26H36N2O3. The second-order valence-electron chi connectivity index (χ2n) is 9.08. The summed E-state index contributed by atoms with van der Waals surface area (Å²) >= 11 is 0. The normalized spacial score (nSPS) is 20.0. The van der Waals surface area contributed by atoms with E-state index in [0.717, 1.165) is 75.7 Å². The van der Waals surface area contributed by atoms with Gasteiger partial charge in [-0.2, -0.15) is 0 Å². The summed E-state index contributed by atoms with van der Waals surface area (Å²) in [5.74, 6) is 3.45. The molecular weight excluding hydrogens is 388 g/mol. The molecule has 1 aromatic carbocycles. The van der Waals surface area contributed by atoms with E-state index in [-0.39, 0.29) is 5.91 Å². The number of carbonyl (C=O) groups excluding carboxylic acids is 1. The summed E-state index contributed by atoms with van der Waals surface area (Å²) in [6.45, 7) is 7.73. The number of para-hydroxylation sites is 1. The lowest BCUT2D eigenvalue weighted by atomic mass is 9.98. The first-order valence-electron chi connectivity index (χ1n) is 12.0. The molecule has 3 heterocycles. The number of rotatable bonds is 8. The predicted molar refractivity (Wildman–Crippen MR) is 123 cm³/mol. The van der Waals surface area contributed by atoms with E-state index in [1.165, 1.54) is 19.3 Å². The van der Waals surface area contributed by atoms with Crippen LogP contribution in [0.3, 0.4) is 0 Å². The van der Waals surface area contributed by atoms with Crippen LogP contribution in [0.4, 0.5) is 0 Å². The summed E-state index contributed by atoms with van der Waals surface area (Å²) in [6, 6.07) is 11.9. The van der Waals surface area contributed by atoms with Gasteiger partial charge in [0.05, 0.1) is 12.2 Å². The Kier molecular flexibility index (Phi) is 7.68. The van der Waals surface area contributed by atoms with E-state index < -0.39 is 0 Å². The van der Waals surface area contributed by atoms with Gasteiger partial charge in [0.15, 0.2) is 0 Å². The van der Waals surface area contributed by atoms with Crippen molar-refractivity contribution in [3.05, 3.63) is 53.5 Å². The van der Waals surface area contributed by atoms with E-state index in [1.54, 1.807) is 0 Å². The van der Waals surface area contributed by atoms with Gasteiger partial charge in [-0.3, -0.25) is 4.79 Å². The van der Waals surface area contributed by atoms with Crippen LogP contribution < -0.4 is 4.74 Å². The molecule has 2 aromatic rings. The number of likely N-dealkylation sites (tertiary alicyclic amines) is 2. The molecule has 1 amide bonds. The van der Waals surface area contributed by atoms with Gasteiger partial charge in [-0.1, -0.05) is 12.1 Å². The minimum Gasteiger partial charge on any atom is -0.492 e. The Morgan fingerprint density at radius 3 is 2.71 bits per heavy atom. The highest BCUT2D eigenvalue weighted by molar-refractivity contribution is 5.97. The molecule has 0 N–H and O–H groups in total. The highest BCUT2D eigenvalue weighted by atomic mass is 16.5. The number of nitrogens with zero attached hydrogens (tertiary/aromatic N) is 2. The Hall–Kier alpha value is -2.27. The third kappa shape index (κ3) is 6.13. The molecule has 5 nitrogen and oxygen atoms in total. The lowest BCUT2D eigenvalue weighted by Crippen LogP contribution is -2.38. The average Bonchev–Trinajstić information content (AvgIpc) is 3.23. The second kappa shape index (κ2) is 10.9. The Morgan fingerprint density at radius 2 is 1.90 bits per heavy atom. The van der Waals surface area contributed by atoms with E-state index in [0.29, 0.717) is 18.1 Å². The number of benzene rings is 1. The van der Waals surface area contributed by atoms with Crippen molar-refractivity contribution in [2.24, 2.45) is 5.92 Å². The van der Waals surface area contributed by atoms with E-state index in [4.69, 9.17) is 9.15 Å². The zero-order valence-corrected chi connectivity index (χ0v) is 18.9. The molecule has 0 radical (unpaired) electrons. The maximum atomic E-state index is 13.0. The van der Waals surface area contributed by atoms with Crippen molar-refractivity contribution in [1.82, 2.24) is 9.80 Å². The summed E-state index contributed by atoms with van der Waals surface area (Å²) in [4.78, 5) is 17.5. The fourth-order valence-electron chi connectivity index (χ4n) is 4.83. The average molecular weight is 425 g/mol. The summed E-state index contributed by atoms with van der Waals surface area (Å²) in [6.07, 6.45) is 7.95. The number of hydrogen-bond donors (Lipinski definition) is 0.